The van der Waals surface area contributed by atoms with Crippen molar-refractivity contribution in [3.63, 3.8) is 0 Å². The van der Waals surface area contributed by atoms with E-state index in [2.05, 4.69) is 162 Å². The molecule has 0 radical (unpaired) electrons. The Morgan fingerprint density at radius 3 is 1.83 bits per heavy atom. The molecule has 10 heteroatoms. The van der Waals surface area contributed by atoms with Crippen molar-refractivity contribution in [1.29, 1.82) is 0 Å². The molecule has 2 nitrogen and oxygen atoms in total. The number of hydrogen-bond donors (Lipinski definition) is 0. The second-order valence-electron chi connectivity index (χ2n) is 16.1. The first kappa shape index (κ1) is 40.6. The number of anilines is 1. The molecule has 0 saturated carbocycles. The molecule has 0 N–H and O–H groups in total. The Balaban J connectivity index is 0.000000705. The van der Waals surface area contributed by atoms with Crippen molar-refractivity contribution in [2.24, 2.45) is 11.8 Å². The number of allylic oxidation sites excluding steroid dienone is 6. The van der Waals surface area contributed by atoms with E-state index in [1.54, 1.807) is 0 Å². The fourth-order valence-corrected chi connectivity index (χ4v) is 7.83. The third-order valence-corrected chi connectivity index (χ3v) is 10.4. The van der Waals surface area contributed by atoms with Crippen LogP contribution in [-0.4, -0.2) is 23.4 Å². The summed E-state index contributed by atoms with van der Waals surface area (Å²) in [5.41, 5.74) is 7.78. The second-order valence-corrected chi connectivity index (χ2v) is 18.4. The molecule has 2 aliphatic heterocycles. The van der Waals surface area contributed by atoms with Crippen molar-refractivity contribution in [2.45, 2.75) is 79.1 Å². The molecule has 2 heterocycles. The van der Waals surface area contributed by atoms with Crippen molar-refractivity contribution >= 4 is 58.0 Å². The van der Waals surface area contributed by atoms with Gasteiger partial charge in [-0.15, -0.1) is 0 Å². The summed E-state index contributed by atoms with van der Waals surface area (Å²) in [7, 11) is -10.7. The van der Waals surface area contributed by atoms with Gasteiger partial charge in [0.25, 0.3) is 0 Å². The van der Waals surface area contributed by atoms with E-state index in [4.69, 9.17) is 11.6 Å². The van der Waals surface area contributed by atoms with Crippen LogP contribution in [0.15, 0.2) is 108 Å². The molecule has 4 aromatic rings. The number of benzene rings is 4. The number of hydrogen-bond acceptors (Lipinski definition) is 1. The quantitative estimate of drug-likeness (QED) is 0.0710. The zero-order chi connectivity index (χ0) is 39.2. The van der Waals surface area contributed by atoms with Crippen LogP contribution in [-0.2, 0) is 10.8 Å². The molecule has 0 saturated heterocycles. The summed E-state index contributed by atoms with van der Waals surface area (Å²) in [4.78, 5) is 2.54. The van der Waals surface area contributed by atoms with Gasteiger partial charge >= 0.3 is 33.0 Å². The average molecular weight is 775 g/mol. The van der Waals surface area contributed by atoms with Gasteiger partial charge in [-0.05, 0) is 89.6 Å². The zero-order valence-electron chi connectivity index (χ0n) is 31.7. The van der Waals surface area contributed by atoms with Gasteiger partial charge in [0.15, 0.2) is 5.71 Å². The Morgan fingerprint density at radius 2 is 1.26 bits per heavy atom. The normalized spacial score (nSPS) is 18.9. The summed E-state index contributed by atoms with van der Waals surface area (Å²) in [6, 6.07) is 26.8. The minimum atomic E-state index is -10.7. The Bertz CT molecular complexity index is 2150. The third kappa shape index (κ3) is 9.56. The molecule has 6 rings (SSSR count). The SMILES string of the molecule is CC(C)CCN1C(=CC=C(Cl)C=CC2=[N+](CCC(C)C)c3ccc4ccccc4c3C2(C)C)C(C)(C)c2c1ccc1ccccc21.F[P-](F)(F)(F)(F)F. The van der Waals surface area contributed by atoms with E-state index in [9.17, 15) is 25.2 Å². The van der Waals surface area contributed by atoms with Gasteiger partial charge in [0.05, 0.1) is 5.41 Å². The summed E-state index contributed by atoms with van der Waals surface area (Å²) in [5.74, 6) is 1.25. The van der Waals surface area contributed by atoms with E-state index in [1.807, 2.05) is 0 Å². The molecule has 0 aromatic heterocycles. The van der Waals surface area contributed by atoms with Crippen molar-refractivity contribution in [2.75, 3.05) is 18.0 Å². The zero-order valence-corrected chi connectivity index (χ0v) is 33.4. The summed E-state index contributed by atoms with van der Waals surface area (Å²) >= 11 is 7.07. The van der Waals surface area contributed by atoms with Gasteiger partial charge in [0.1, 0.15) is 6.54 Å². The van der Waals surface area contributed by atoms with Crippen LogP contribution in [0, 0.1) is 11.8 Å². The molecule has 4 aromatic carbocycles. The molecule has 286 valence electrons. The van der Waals surface area contributed by atoms with E-state index in [1.165, 1.54) is 55.5 Å². The van der Waals surface area contributed by atoms with Crippen LogP contribution in [0.1, 0.15) is 79.4 Å². The van der Waals surface area contributed by atoms with Crippen LogP contribution in [0.25, 0.3) is 21.5 Å². The van der Waals surface area contributed by atoms with Crippen LogP contribution < -0.4 is 4.90 Å². The first-order valence-electron chi connectivity index (χ1n) is 18.2. The van der Waals surface area contributed by atoms with Crippen molar-refractivity contribution in [3.8, 4) is 0 Å². The monoisotopic (exact) mass is 774 g/mol. The predicted molar refractivity (Wildman–Crippen MR) is 215 cm³/mol. The fraction of sp³-hybridized carbons (Fsp3) is 0.372. The minimum absolute atomic E-state index is 0.150. The van der Waals surface area contributed by atoms with Crippen molar-refractivity contribution in [3.05, 3.63) is 119 Å². The van der Waals surface area contributed by atoms with Gasteiger partial charge < -0.3 is 4.90 Å². The van der Waals surface area contributed by atoms with Crippen LogP contribution in [0.2, 0.25) is 0 Å². The van der Waals surface area contributed by atoms with E-state index in [0.29, 0.717) is 11.8 Å². The summed E-state index contributed by atoms with van der Waals surface area (Å²) in [6.45, 7) is 20.7. The molecular formula is C43H50ClF6N2P. The van der Waals surface area contributed by atoms with Crippen LogP contribution in [0.4, 0.5) is 36.6 Å². The van der Waals surface area contributed by atoms with Crippen molar-refractivity contribution in [1.82, 2.24) is 0 Å². The van der Waals surface area contributed by atoms with Gasteiger partial charge in [-0.3, -0.25) is 0 Å². The third-order valence-electron chi connectivity index (χ3n) is 10.2. The van der Waals surface area contributed by atoms with E-state index in [0.717, 1.165) is 31.0 Å². The van der Waals surface area contributed by atoms with Gasteiger partial charge in [-0.1, -0.05) is 108 Å². The van der Waals surface area contributed by atoms with Gasteiger partial charge in [0.2, 0.25) is 5.69 Å². The molecule has 0 amide bonds. The Hall–Kier alpha value is -3.61. The molecule has 2 aliphatic rings. The topological polar surface area (TPSA) is 6.25 Å². The predicted octanol–water partition coefficient (Wildman–Crippen LogP) is 15.2. The Kier molecular flexibility index (Phi) is 10.6. The molecule has 0 aliphatic carbocycles. The Morgan fingerprint density at radius 1 is 0.736 bits per heavy atom. The molecule has 0 atom stereocenters. The molecule has 0 bridgehead atoms. The van der Waals surface area contributed by atoms with Gasteiger partial charge in [0, 0.05) is 52.5 Å². The summed E-state index contributed by atoms with van der Waals surface area (Å²) in [5, 5.41) is 6.00. The van der Waals surface area contributed by atoms with Crippen LogP contribution >= 0.6 is 19.4 Å². The average Bonchev–Trinajstić information content (AvgIpc) is 3.40. The standard InChI is InChI=1S/C43H50ClN2.F6P/c1-29(2)25-27-45-36-21-17-31-13-9-11-15-34(31)40(36)42(5,6)38(45)23-19-33(44)20-24-39-43(7,8)41-35-16-12-10-14-32(35)18-22-37(41)46(39)28-26-30(3)4;1-7(2,3,4,5)6/h9-24,29-30H,25-28H2,1-8H3;/q+1;-1. The molecule has 53 heavy (non-hydrogen) atoms. The van der Waals surface area contributed by atoms with Crippen LogP contribution in [0.5, 0.6) is 0 Å². The maximum absolute atomic E-state index is 10.7. The molecular weight excluding hydrogens is 725 g/mol. The molecule has 0 unspecified atom stereocenters. The van der Waals surface area contributed by atoms with Gasteiger partial charge in [-0.2, -0.15) is 4.58 Å². The number of fused-ring (bicyclic) bond motifs is 6. The molecule has 0 spiro atoms. The fourth-order valence-electron chi connectivity index (χ4n) is 7.70. The van der Waals surface area contributed by atoms with E-state index in [-0.39, 0.29) is 10.8 Å². The second kappa shape index (κ2) is 13.9. The number of halogens is 7. The summed E-state index contributed by atoms with van der Waals surface area (Å²) < 4.78 is 61.7. The number of rotatable bonds is 9. The first-order chi connectivity index (χ1) is 24.4. The van der Waals surface area contributed by atoms with Gasteiger partial charge in [-0.25, -0.2) is 0 Å². The van der Waals surface area contributed by atoms with E-state index >= 15 is 0 Å². The maximum atomic E-state index is 9.87. The van der Waals surface area contributed by atoms with Crippen LogP contribution in [0.3, 0.4) is 0 Å². The summed E-state index contributed by atoms with van der Waals surface area (Å²) in [6.07, 6.45) is 11.0. The van der Waals surface area contributed by atoms with Crippen molar-refractivity contribution < 1.29 is 29.8 Å². The molecule has 0 fully saturated rings. The van der Waals surface area contributed by atoms with E-state index < -0.39 is 7.81 Å². The Labute approximate surface area is 314 Å². The first-order valence-corrected chi connectivity index (χ1v) is 20.6. The number of nitrogens with zero attached hydrogens (tertiary/aromatic N) is 2.